The van der Waals surface area contributed by atoms with Gasteiger partial charge in [-0.15, -0.1) is 0 Å². The Hall–Kier alpha value is -1.43. The maximum absolute atomic E-state index is 11.1. The highest BCUT2D eigenvalue weighted by molar-refractivity contribution is 7.84. The van der Waals surface area contributed by atoms with Gasteiger partial charge in [0.1, 0.15) is 5.52 Å². The highest BCUT2D eigenvalue weighted by Gasteiger charge is 2.09. The SMILES string of the molecule is Cc1cnc2c(c1)nc(N)n2CCS(C)=O. The monoisotopic (exact) mass is 238 g/mol. The molecule has 16 heavy (non-hydrogen) atoms. The van der Waals surface area contributed by atoms with Gasteiger partial charge in [0.05, 0.1) is 0 Å². The molecule has 0 saturated carbocycles. The fourth-order valence-corrected chi connectivity index (χ4v) is 2.01. The number of pyridine rings is 1. The second kappa shape index (κ2) is 4.21. The summed E-state index contributed by atoms with van der Waals surface area (Å²) in [4.78, 5) is 8.53. The first-order chi connectivity index (χ1) is 7.58. The van der Waals surface area contributed by atoms with Crippen LogP contribution in [0.4, 0.5) is 5.95 Å². The van der Waals surface area contributed by atoms with E-state index in [0.29, 0.717) is 18.2 Å². The summed E-state index contributed by atoms with van der Waals surface area (Å²) in [6.45, 7) is 2.55. The quantitative estimate of drug-likeness (QED) is 0.854. The van der Waals surface area contributed by atoms with Crippen LogP contribution in [-0.2, 0) is 17.3 Å². The van der Waals surface area contributed by atoms with Crippen molar-refractivity contribution in [1.82, 2.24) is 14.5 Å². The number of aryl methyl sites for hydroxylation is 2. The van der Waals surface area contributed by atoms with E-state index in [-0.39, 0.29) is 0 Å². The lowest BCUT2D eigenvalue weighted by Gasteiger charge is -2.03. The molecule has 1 unspecified atom stereocenters. The largest absolute Gasteiger partial charge is 0.369 e. The summed E-state index contributed by atoms with van der Waals surface area (Å²) >= 11 is 0. The third-order valence-electron chi connectivity index (χ3n) is 2.35. The van der Waals surface area contributed by atoms with Gasteiger partial charge in [0, 0.05) is 35.5 Å². The van der Waals surface area contributed by atoms with Gasteiger partial charge in [-0.1, -0.05) is 0 Å². The molecule has 0 bridgehead atoms. The maximum Gasteiger partial charge on any atom is 0.202 e. The van der Waals surface area contributed by atoms with E-state index in [9.17, 15) is 4.21 Å². The Balaban J connectivity index is 2.43. The predicted octanol–water partition coefficient (Wildman–Crippen LogP) is 0.700. The molecule has 1 atom stereocenters. The Morgan fingerprint density at radius 3 is 3.00 bits per heavy atom. The molecule has 0 fully saturated rings. The number of nitrogens with two attached hydrogens (primary N) is 1. The lowest BCUT2D eigenvalue weighted by Crippen LogP contribution is -2.09. The van der Waals surface area contributed by atoms with Gasteiger partial charge in [-0.3, -0.25) is 8.78 Å². The molecule has 6 heteroatoms. The molecule has 0 amide bonds. The Morgan fingerprint density at radius 2 is 2.31 bits per heavy atom. The first kappa shape index (κ1) is 11.1. The van der Waals surface area contributed by atoms with Crippen LogP contribution in [0.15, 0.2) is 12.3 Å². The van der Waals surface area contributed by atoms with Crippen LogP contribution in [0.1, 0.15) is 5.56 Å². The van der Waals surface area contributed by atoms with Gasteiger partial charge in [0.25, 0.3) is 0 Å². The van der Waals surface area contributed by atoms with E-state index in [1.807, 2.05) is 13.0 Å². The number of anilines is 1. The number of aromatic nitrogens is 3. The van der Waals surface area contributed by atoms with E-state index in [1.165, 1.54) is 0 Å². The molecule has 0 radical (unpaired) electrons. The highest BCUT2D eigenvalue weighted by atomic mass is 32.2. The van der Waals surface area contributed by atoms with Crippen molar-refractivity contribution in [2.24, 2.45) is 0 Å². The molecule has 2 heterocycles. The Labute approximate surface area is 96.1 Å². The number of hydrogen-bond acceptors (Lipinski definition) is 4. The summed E-state index contributed by atoms with van der Waals surface area (Å²) in [5.74, 6) is 0.990. The van der Waals surface area contributed by atoms with Gasteiger partial charge < -0.3 is 5.73 Å². The molecule has 86 valence electrons. The number of rotatable bonds is 3. The maximum atomic E-state index is 11.1. The third-order valence-corrected chi connectivity index (χ3v) is 3.11. The zero-order valence-corrected chi connectivity index (χ0v) is 10.1. The van der Waals surface area contributed by atoms with Crippen LogP contribution in [0.3, 0.4) is 0 Å². The van der Waals surface area contributed by atoms with E-state index < -0.39 is 10.8 Å². The van der Waals surface area contributed by atoms with E-state index in [4.69, 9.17) is 5.73 Å². The smallest absolute Gasteiger partial charge is 0.202 e. The molecule has 0 aliphatic carbocycles. The van der Waals surface area contributed by atoms with Gasteiger partial charge >= 0.3 is 0 Å². The molecular weight excluding hydrogens is 224 g/mol. The Kier molecular flexibility index (Phi) is 2.91. The van der Waals surface area contributed by atoms with Crippen molar-refractivity contribution in [3.05, 3.63) is 17.8 Å². The van der Waals surface area contributed by atoms with Crippen molar-refractivity contribution in [3.8, 4) is 0 Å². The molecule has 2 N–H and O–H groups in total. The van der Waals surface area contributed by atoms with E-state index in [1.54, 1.807) is 17.0 Å². The first-order valence-electron chi connectivity index (χ1n) is 4.96. The number of hydrogen-bond donors (Lipinski definition) is 1. The molecule has 0 aliphatic heterocycles. The lowest BCUT2D eigenvalue weighted by atomic mass is 10.3. The van der Waals surface area contributed by atoms with Gasteiger partial charge in [-0.05, 0) is 18.6 Å². The lowest BCUT2D eigenvalue weighted by molar-refractivity contribution is 0.679. The molecule has 0 aromatic carbocycles. The number of fused-ring (bicyclic) bond motifs is 1. The number of nitrogens with zero attached hydrogens (tertiary/aromatic N) is 3. The minimum Gasteiger partial charge on any atom is -0.369 e. The second-order valence-electron chi connectivity index (χ2n) is 3.75. The van der Waals surface area contributed by atoms with Crippen molar-refractivity contribution in [2.75, 3.05) is 17.7 Å². The average Bonchev–Trinajstić information content (AvgIpc) is 2.50. The van der Waals surface area contributed by atoms with Crippen LogP contribution in [-0.4, -0.2) is 30.8 Å². The summed E-state index contributed by atoms with van der Waals surface area (Å²) in [5, 5.41) is 0. The second-order valence-corrected chi connectivity index (χ2v) is 5.31. The molecule has 5 nitrogen and oxygen atoms in total. The Bertz CT molecular complexity index is 549. The molecule has 0 aliphatic rings. The normalized spacial score (nSPS) is 13.1. The van der Waals surface area contributed by atoms with Gasteiger partial charge in [-0.25, -0.2) is 9.97 Å². The van der Waals surface area contributed by atoms with Crippen LogP contribution >= 0.6 is 0 Å². The highest BCUT2D eigenvalue weighted by Crippen LogP contribution is 2.16. The molecule has 2 aromatic rings. The van der Waals surface area contributed by atoms with Crippen LogP contribution in [0, 0.1) is 6.92 Å². The summed E-state index contributed by atoms with van der Waals surface area (Å²) in [7, 11) is -0.838. The van der Waals surface area contributed by atoms with Crippen LogP contribution in [0.5, 0.6) is 0 Å². The first-order valence-corrected chi connectivity index (χ1v) is 6.69. The van der Waals surface area contributed by atoms with Crippen LogP contribution in [0.25, 0.3) is 11.2 Å². The van der Waals surface area contributed by atoms with Crippen molar-refractivity contribution in [1.29, 1.82) is 0 Å². The van der Waals surface area contributed by atoms with Gasteiger partial charge in [-0.2, -0.15) is 0 Å². The summed E-state index contributed by atoms with van der Waals surface area (Å²) in [5.41, 5.74) is 8.40. The minimum atomic E-state index is -0.838. The molecule has 2 rings (SSSR count). The third kappa shape index (κ3) is 2.06. The van der Waals surface area contributed by atoms with Crippen molar-refractivity contribution in [2.45, 2.75) is 13.5 Å². The predicted molar refractivity (Wildman–Crippen MR) is 65.6 cm³/mol. The molecular formula is C10H14N4OS. The van der Waals surface area contributed by atoms with E-state index in [0.717, 1.165) is 16.7 Å². The van der Waals surface area contributed by atoms with E-state index >= 15 is 0 Å². The van der Waals surface area contributed by atoms with Gasteiger partial charge in [0.15, 0.2) is 5.65 Å². The zero-order valence-electron chi connectivity index (χ0n) is 9.30. The average molecular weight is 238 g/mol. The van der Waals surface area contributed by atoms with Crippen molar-refractivity contribution < 1.29 is 4.21 Å². The van der Waals surface area contributed by atoms with Crippen LogP contribution < -0.4 is 5.73 Å². The standard InChI is InChI=1S/C10H14N4OS/c1-7-5-8-9(12-6-7)14(10(11)13-8)3-4-16(2)15/h5-6H,3-4H2,1-2H3,(H2,11,13). The van der Waals surface area contributed by atoms with Crippen molar-refractivity contribution >= 4 is 27.9 Å². The van der Waals surface area contributed by atoms with E-state index in [2.05, 4.69) is 9.97 Å². The fraction of sp³-hybridized carbons (Fsp3) is 0.400. The molecule has 2 aromatic heterocycles. The number of imidazole rings is 1. The summed E-state index contributed by atoms with van der Waals surface area (Å²) < 4.78 is 12.9. The minimum absolute atomic E-state index is 0.429. The Morgan fingerprint density at radius 1 is 1.56 bits per heavy atom. The summed E-state index contributed by atoms with van der Waals surface area (Å²) in [6, 6.07) is 1.94. The fourth-order valence-electron chi connectivity index (χ4n) is 1.57. The molecule has 0 spiro atoms. The van der Waals surface area contributed by atoms with Crippen LogP contribution in [0.2, 0.25) is 0 Å². The van der Waals surface area contributed by atoms with Gasteiger partial charge in [0.2, 0.25) is 5.95 Å². The summed E-state index contributed by atoms with van der Waals surface area (Å²) in [6.07, 6.45) is 3.45. The van der Waals surface area contributed by atoms with Crippen molar-refractivity contribution in [3.63, 3.8) is 0 Å². The number of nitrogen functional groups attached to an aromatic ring is 1. The topological polar surface area (TPSA) is 73.8 Å². The molecule has 0 saturated heterocycles. The zero-order chi connectivity index (χ0) is 11.7.